The van der Waals surface area contributed by atoms with Crippen molar-refractivity contribution < 1.29 is 14.2 Å². The molecule has 0 aliphatic carbocycles. The standard InChI is InChI=1S/C12H19NO3/c1-13-6-7-16-9-10-4-5-11(14-2)8-12(10)15-3/h4-5,8,13H,6-7,9H2,1-3H3. The zero-order chi connectivity index (χ0) is 11.8. The van der Waals surface area contributed by atoms with Gasteiger partial charge in [-0.2, -0.15) is 0 Å². The van der Waals surface area contributed by atoms with Crippen LogP contribution in [0, 0.1) is 0 Å². The molecule has 1 rings (SSSR count). The summed E-state index contributed by atoms with van der Waals surface area (Å²) in [7, 11) is 5.18. The molecule has 0 fully saturated rings. The van der Waals surface area contributed by atoms with Gasteiger partial charge in [0.25, 0.3) is 0 Å². The summed E-state index contributed by atoms with van der Waals surface area (Å²) in [5.74, 6) is 1.58. The number of hydrogen-bond acceptors (Lipinski definition) is 4. The summed E-state index contributed by atoms with van der Waals surface area (Å²) in [4.78, 5) is 0. The molecular weight excluding hydrogens is 206 g/mol. The van der Waals surface area contributed by atoms with Gasteiger partial charge in [-0.05, 0) is 19.2 Å². The van der Waals surface area contributed by atoms with Crippen LogP contribution < -0.4 is 14.8 Å². The van der Waals surface area contributed by atoms with Crippen molar-refractivity contribution in [3.8, 4) is 11.5 Å². The van der Waals surface area contributed by atoms with Gasteiger partial charge in [0.15, 0.2) is 0 Å². The maximum atomic E-state index is 5.49. The predicted molar refractivity (Wildman–Crippen MR) is 63.1 cm³/mol. The molecule has 0 atom stereocenters. The quantitative estimate of drug-likeness (QED) is 0.713. The third-order valence-corrected chi connectivity index (χ3v) is 2.25. The Labute approximate surface area is 96.5 Å². The first-order chi connectivity index (χ1) is 7.81. The minimum Gasteiger partial charge on any atom is -0.497 e. The number of benzene rings is 1. The minimum absolute atomic E-state index is 0.550. The summed E-state index contributed by atoms with van der Waals surface area (Å²) < 4.78 is 15.9. The Morgan fingerprint density at radius 2 is 2.00 bits per heavy atom. The Balaban J connectivity index is 2.57. The van der Waals surface area contributed by atoms with Gasteiger partial charge in [0.05, 0.1) is 27.4 Å². The zero-order valence-corrected chi connectivity index (χ0v) is 10.1. The van der Waals surface area contributed by atoms with Gasteiger partial charge in [0, 0.05) is 18.2 Å². The molecule has 0 bridgehead atoms. The van der Waals surface area contributed by atoms with Gasteiger partial charge >= 0.3 is 0 Å². The van der Waals surface area contributed by atoms with E-state index in [-0.39, 0.29) is 0 Å². The number of nitrogens with one attached hydrogen (secondary N) is 1. The van der Waals surface area contributed by atoms with Gasteiger partial charge in [-0.3, -0.25) is 0 Å². The lowest BCUT2D eigenvalue weighted by Gasteiger charge is -2.10. The van der Waals surface area contributed by atoms with Crippen LogP contribution in [0.4, 0.5) is 0 Å². The molecule has 0 spiro atoms. The molecule has 4 nitrogen and oxygen atoms in total. The molecule has 0 heterocycles. The SMILES string of the molecule is CNCCOCc1ccc(OC)cc1OC. The van der Waals surface area contributed by atoms with Crippen LogP contribution in [0.15, 0.2) is 18.2 Å². The Morgan fingerprint density at radius 1 is 1.19 bits per heavy atom. The number of hydrogen-bond donors (Lipinski definition) is 1. The molecule has 0 unspecified atom stereocenters. The highest BCUT2D eigenvalue weighted by atomic mass is 16.5. The summed E-state index contributed by atoms with van der Waals surface area (Å²) in [6, 6.07) is 5.72. The molecule has 0 saturated carbocycles. The smallest absolute Gasteiger partial charge is 0.128 e. The van der Waals surface area contributed by atoms with Gasteiger partial charge in [0.2, 0.25) is 0 Å². The van der Waals surface area contributed by atoms with Crippen LogP contribution >= 0.6 is 0 Å². The van der Waals surface area contributed by atoms with Crippen LogP contribution in [0.1, 0.15) is 5.56 Å². The molecule has 0 aromatic heterocycles. The molecule has 90 valence electrons. The molecule has 1 aromatic rings. The van der Waals surface area contributed by atoms with E-state index in [9.17, 15) is 0 Å². The molecule has 0 aliphatic heterocycles. The monoisotopic (exact) mass is 225 g/mol. The van der Waals surface area contributed by atoms with Gasteiger partial charge < -0.3 is 19.5 Å². The van der Waals surface area contributed by atoms with E-state index < -0.39 is 0 Å². The summed E-state index contributed by atoms with van der Waals surface area (Å²) in [5, 5.41) is 3.02. The third-order valence-electron chi connectivity index (χ3n) is 2.25. The first-order valence-electron chi connectivity index (χ1n) is 5.25. The van der Waals surface area contributed by atoms with Crippen molar-refractivity contribution in [2.24, 2.45) is 0 Å². The largest absolute Gasteiger partial charge is 0.497 e. The van der Waals surface area contributed by atoms with E-state index in [1.165, 1.54) is 0 Å². The van der Waals surface area contributed by atoms with Crippen LogP contribution in [-0.4, -0.2) is 34.4 Å². The fraction of sp³-hybridized carbons (Fsp3) is 0.500. The second kappa shape index (κ2) is 7.09. The first-order valence-corrected chi connectivity index (χ1v) is 5.25. The highest BCUT2D eigenvalue weighted by Gasteiger charge is 2.04. The van der Waals surface area contributed by atoms with Crippen LogP contribution in [0.5, 0.6) is 11.5 Å². The number of ether oxygens (including phenoxy) is 3. The highest BCUT2D eigenvalue weighted by Crippen LogP contribution is 2.24. The Hall–Kier alpha value is -1.26. The van der Waals surface area contributed by atoms with E-state index in [2.05, 4.69) is 5.32 Å². The van der Waals surface area contributed by atoms with Crippen molar-refractivity contribution in [2.75, 3.05) is 34.4 Å². The molecule has 0 amide bonds. The number of rotatable bonds is 7. The van der Waals surface area contributed by atoms with Crippen molar-refractivity contribution in [1.82, 2.24) is 5.32 Å². The molecule has 16 heavy (non-hydrogen) atoms. The lowest BCUT2D eigenvalue weighted by molar-refractivity contribution is 0.122. The van der Waals surface area contributed by atoms with Crippen molar-refractivity contribution >= 4 is 0 Å². The Bertz CT molecular complexity index is 315. The fourth-order valence-electron chi connectivity index (χ4n) is 1.33. The van der Waals surface area contributed by atoms with E-state index >= 15 is 0 Å². The van der Waals surface area contributed by atoms with E-state index in [1.807, 2.05) is 25.2 Å². The van der Waals surface area contributed by atoms with Crippen LogP contribution in [0.2, 0.25) is 0 Å². The molecule has 0 radical (unpaired) electrons. The maximum absolute atomic E-state index is 5.49. The van der Waals surface area contributed by atoms with E-state index in [4.69, 9.17) is 14.2 Å². The molecule has 1 aromatic carbocycles. The zero-order valence-electron chi connectivity index (χ0n) is 10.1. The topological polar surface area (TPSA) is 39.7 Å². The van der Waals surface area contributed by atoms with Gasteiger partial charge in [-0.15, -0.1) is 0 Å². The lowest BCUT2D eigenvalue weighted by Crippen LogP contribution is -2.14. The van der Waals surface area contributed by atoms with E-state index in [0.717, 1.165) is 23.6 Å². The van der Waals surface area contributed by atoms with Crippen LogP contribution in [-0.2, 0) is 11.3 Å². The van der Waals surface area contributed by atoms with Crippen molar-refractivity contribution in [3.63, 3.8) is 0 Å². The minimum atomic E-state index is 0.550. The molecular formula is C12H19NO3. The Morgan fingerprint density at radius 3 is 2.62 bits per heavy atom. The highest BCUT2D eigenvalue weighted by molar-refractivity contribution is 5.40. The van der Waals surface area contributed by atoms with Crippen molar-refractivity contribution in [1.29, 1.82) is 0 Å². The predicted octanol–water partition coefficient (Wildman–Crippen LogP) is 1.44. The van der Waals surface area contributed by atoms with Gasteiger partial charge in [-0.1, -0.05) is 0 Å². The third kappa shape index (κ3) is 3.72. The number of methoxy groups -OCH3 is 2. The second-order valence-electron chi connectivity index (χ2n) is 3.33. The number of likely N-dealkylation sites (N-methyl/N-ethyl adjacent to an activating group) is 1. The van der Waals surface area contributed by atoms with E-state index in [0.29, 0.717) is 13.2 Å². The average Bonchev–Trinajstić information content (AvgIpc) is 2.34. The first kappa shape index (κ1) is 12.8. The summed E-state index contributed by atoms with van der Waals surface area (Å²) in [6.07, 6.45) is 0. The Kier molecular flexibility index (Phi) is 5.67. The lowest BCUT2D eigenvalue weighted by atomic mass is 10.2. The average molecular weight is 225 g/mol. The maximum Gasteiger partial charge on any atom is 0.128 e. The summed E-state index contributed by atoms with van der Waals surface area (Å²) in [5.41, 5.74) is 1.03. The van der Waals surface area contributed by atoms with Crippen molar-refractivity contribution in [3.05, 3.63) is 23.8 Å². The molecule has 0 aliphatic rings. The summed E-state index contributed by atoms with van der Waals surface area (Å²) in [6.45, 7) is 2.08. The van der Waals surface area contributed by atoms with Crippen LogP contribution in [0.25, 0.3) is 0 Å². The van der Waals surface area contributed by atoms with Crippen molar-refractivity contribution in [2.45, 2.75) is 6.61 Å². The van der Waals surface area contributed by atoms with Gasteiger partial charge in [0.1, 0.15) is 11.5 Å². The second-order valence-corrected chi connectivity index (χ2v) is 3.33. The normalized spacial score (nSPS) is 10.2. The van der Waals surface area contributed by atoms with E-state index in [1.54, 1.807) is 14.2 Å². The molecule has 0 saturated heterocycles. The van der Waals surface area contributed by atoms with Gasteiger partial charge in [-0.25, -0.2) is 0 Å². The molecule has 4 heteroatoms. The summed E-state index contributed by atoms with van der Waals surface area (Å²) >= 11 is 0. The fourth-order valence-corrected chi connectivity index (χ4v) is 1.33. The van der Waals surface area contributed by atoms with Crippen LogP contribution in [0.3, 0.4) is 0 Å². The molecule has 1 N–H and O–H groups in total.